The molecule has 64 valence electrons. The van der Waals surface area contributed by atoms with Crippen LogP contribution in [0.25, 0.3) is 5.76 Å². The topological polar surface area (TPSA) is 35.0 Å². The maximum absolute atomic E-state index is 5.18. The van der Waals surface area contributed by atoms with Crippen molar-refractivity contribution in [3.05, 3.63) is 29.3 Å². The summed E-state index contributed by atoms with van der Waals surface area (Å²) >= 11 is 3.23. The molecule has 4 heteroatoms. The number of aromatic nitrogens is 2. The Morgan fingerprint density at radius 2 is 2.42 bits per heavy atom. The van der Waals surface area contributed by atoms with Crippen molar-refractivity contribution in [1.82, 2.24) is 9.97 Å². The van der Waals surface area contributed by atoms with E-state index < -0.39 is 0 Å². The molecule has 0 aliphatic rings. The highest BCUT2D eigenvalue weighted by Gasteiger charge is 2.00. The molecule has 0 aliphatic carbocycles. The van der Waals surface area contributed by atoms with Gasteiger partial charge >= 0.3 is 0 Å². The smallest absolute Gasteiger partial charge is 0.137 e. The molecule has 0 N–H and O–H groups in total. The molecule has 0 atom stereocenters. The molecule has 1 heterocycles. The van der Waals surface area contributed by atoms with Gasteiger partial charge in [0.2, 0.25) is 0 Å². The normalized spacial score (nSPS) is 9.50. The van der Waals surface area contributed by atoms with Crippen LogP contribution in [0.3, 0.4) is 0 Å². The molecule has 1 rings (SSSR count). The van der Waals surface area contributed by atoms with Crippen LogP contribution in [0.2, 0.25) is 0 Å². The first kappa shape index (κ1) is 9.19. The Labute approximate surface area is 79.6 Å². The first-order valence-corrected chi connectivity index (χ1v) is 4.33. The van der Waals surface area contributed by atoms with Gasteiger partial charge in [0.15, 0.2) is 0 Å². The van der Waals surface area contributed by atoms with E-state index in [4.69, 9.17) is 4.74 Å². The monoisotopic (exact) mass is 228 g/mol. The van der Waals surface area contributed by atoms with Gasteiger partial charge in [0, 0.05) is 6.07 Å². The van der Waals surface area contributed by atoms with E-state index in [2.05, 4.69) is 32.5 Å². The van der Waals surface area contributed by atoms with Crippen molar-refractivity contribution in [2.75, 3.05) is 6.61 Å². The predicted molar refractivity (Wildman–Crippen MR) is 50.4 cm³/mol. The Morgan fingerprint density at radius 1 is 1.67 bits per heavy atom. The van der Waals surface area contributed by atoms with Gasteiger partial charge in [-0.15, -0.1) is 0 Å². The summed E-state index contributed by atoms with van der Waals surface area (Å²) in [6.07, 6.45) is 1.46. The van der Waals surface area contributed by atoms with E-state index in [0.717, 1.165) is 4.60 Å². The second-order valence-corrected chi connectivity index (χ2v) is 2.89. The van der Waals surface area contributed by atoms with E-state index in [0.29, 0.717) is 18.1 Å². The van der Waals surface area contributed by atoms with E-state index in [1.807, 2.05) is 6.92 Å². The van der Waals surface area contributed by atoms with Crippen LogP contribution < -0.4 is 0 Å². The lowest BCUT2D eigenvalue weighted by molar-refractivity contribution is 0.297. The highest BCUT2D eigenvalue weighted by Crippen LogP contribution is 2.13. The van der Waals surface area contributed by atoms with Crippen LogP contribution in [0.5, 0.6) is 0 Å². The van der Waals surface area contributed by atoms with Crippen molar-refractivity contribution < 1.29 is 4.74 Å². The summed E-state index contributed by atoms with van der Waals surface area (Å²) in [5.41, 5.74) is 0.707. The number of rotatable bonds is 3. The minimum absolute atomic E-state index is 0.570. The lowest BCUT2D eigenvalue weighted by Gasteiger charge is -2.04. The predicted octanol–water partition coefficient (Wildman–Crippen LogP) is 2.25. The van der Waals surface area contributed by atoms with Crippen LogP contribution in [0.4, 0.5) is 0 Å². The van der Waals surface area contributed by atoms with Crippen molar-refractivity contribution in [3.63, 3.8) is 0 Å². The molecule has 0 spiro atoms. The Bertz CT molecular complexity index is 288. The molecular formula is C8H9BrN2O. The van der Waals surface area contributed by atoms with E-state index in [9.17, 15) is 0 Å². The average molecular weight is 229 g/mol. The van der Waals surface area contributed by atoms with Crippen LogP contribution in [0, 0.1) is 0 Å². The highest BCUT2D eigenvalue weighted by molar-refractivity contribution is 9.10. The summed E-state index contributed by atoms with van der Waals surface area (Å²) in [5.74, 6) is 0.570. The van der Waals surface area contributed by atoms with Crippen molar-refractivity contribution >= 4 is 21.7 Å². The number of ether oxygens (including phenoxy) is 1. The zero-order chi connectivity index (χ0) is 8.97. The van der Waals surface area contributed by atoms with Gasteiger partial charge in [-0.1, -0.05) is 6.58 Å². The molecule has 0 aliphatic heterocycles. The van der Waals surface area contributed by atoms with E-state index in [-0.39, 0.29) is 0 Å². The standard InChI is InChI=1S/C8H9BrN2O/c1-3-12-6(2)7-4-8(9)11-5-10-7/h4-5H,2-3H2,1H3. The Balaban J connectivity index is 2.81. The quantitative estimate of drug-likeness (QED) is 0.588. The Kier molecular flexibility index (Phi) is 3.22. The number of nitrogens with zero attached hydrogens (tertiary/aromatic N) is 2. The lowest BCUT2D eigenvalue weighted by atomic mass is 10.4. The van der Waals surface area contributed by atoms with E-state index >= 15 is 0 Å². The third kappa shape index (κ3) is 2.30. The van der Waals surface area contributed by atoms with E-state index in [1.165, 1.54) is 6.33 Å². The van der Waals surface area contributed by atoms with Crippen LogP contribution in [-0.4, -0.2) is 16.6 Å². The average Bonchev–Trinajstić information content (AvgIpc) is 2.05. The van der Waals surface area contributed by atoms with Gasteiger partial charge in [-0.25, -0.2) is 9.97 Å². The van der Waals surface area contributed by atoms with E-state index in [1.54, 1.807) is 6.07 Å². The zero-order valence-corrected chi connectivity index (χ0v) is 8.34. The zero-order valence-electron chi connectivity index (χ0n) is 6.75. The first-order valence-electron chi connectivity index (χ1n) is 3.53. The van der Waals surface area contributed by atoms with Gasteiger partial charge in [0.25, 0.3) is 0 Å². The van der Waals surface area contributed by atoms with Gasteiger partial charge < -0.3 is 4.74 Å². The SMILES string of the molecule is C=C(OCC)c1cc(Br)ncn1. The summed E-state index contributed by atoms with van der Waals surface area (Å²) in [5, 5.41) is 0. The molecular weight excluding hydrogens is 220 g/mol. The minimum Gasteiger partial charge on any atom is -0.492 e. The summed E-state index contributed by atoms with van der Waals surface area (Å²) in [6.45, 7) is 6.22. The summed E-state index contributed by atoms with van der Waals surface area (Å²) in [7, 11) is 0. The number of halogens is 1. The van der Waals surface area contributed by atoms with Crippen molar-refractivity contribution in [1.29, 1.82) is 0 Å². The highest BCUT2D eigenvalue weighted by atomic mass is 79.9. The molecule has 0 saturated carbocycles. The molecule has 0 unspecified atom stereocenters. The molecule has 0 fully saturated rings. The third-order valence-corrected chi connectivity index (χ3v) is 1.67. The van der Waals surface area contributed by atoms with Gasteiger partial charge in [-0.05, 0) is 22.9 Å². The second-order valence-electron chi connectivity index (χ2n) is 2.08. The fourth-order valence-corrected chi connectivity index (χ4v) is 1.04. The summed E-state index contributed by atoms with van der Waals surface area (Å²) in [6, 6.07) is 1.76. The molecule has 0 saturated heterocycles. The van der Waals surface area contributed by atoms with Crippen molar-refractivity contribution in [2.24, 2.45) is 0 Å². The minimum atomic E-state index is 0.570. The van der Waals surface area contributed by atoms with Gasteiger partial charge in [-0.3, -0.25) is 0 Å². The molecule has 0 amide bonds. The first-order chi connectivity index (χ1) is 5.74. The summed E-state index contributed by atoms with van der Waals surface area (Å²) in [4.78, 5) is 7.88. The van der Waals surface area contributed by atoms with Crippen molar-refractivity contribution in [2.45, 2.75) is 6.92 Å². The summed E-state index contributed by atoms with van der Waals surface area (Å²) < 4.78 is 5.91. The third-order valence-electron chi connectivity index (χ3n) is 1.24. The largest absolute Gasteiger partial charge is 0.492 e. The molecule has 0 bridgehead atoms. The van der Waals surface area contributed by atoms with Crippen LogP contribution in [-0.2, 0) is 4.74 Å². The van der Waals surface area contributed by atoms with Crippen molar-refractivity contribution in [3.8, 4) is 0 Å². The molecule has 0 aromatic carbocycles. The van der Waals surface area contributed by atoms with Crippen LogP contribution >= 0.6 is 15.9 Å². The Hall–Kier alpha value is -0.900. The maximum atomic E-state index is 5.18. The number of hydrogen-bond acceptors (Lipinski definition) is 3. The lowest BCUT2D eigenvalue weighted by Crippen LogP contribution is -1.93. The fraction of sp³-hybridized carbons (Fsp3) is 0.250. The molecule has 0 radical (unpaired) electrons. The van der Waals surface area contributed by atoms with Gasteiger partial charge in [0.05, 0.1) is 6.61 Å². The molecule has 12 heavy (non-hydrogen) atoms. The fourth-order valence-electron chi connectivity index (χ4n) is 0.734. The number of hydrogen-bond donors (Lipinski definition) is 0. The molecule has 3 nitrogen and oxygen atoms in total. The second kappa shape index (κ2) is 4.21. The maximum Gasteiger partial charge on any atom is 0.137 e. The Morgan fingerprint density at radius 3 is 3.00 bits per heavy atom. The molecule has 1 aromatic rings. The molecule has 1 aromatic heterocycles. The van der Waals surface area contributed by atoms with Gasteiger partial charge in [0.1, 0.15) is 22.4 Å². The van der Waals surface area contributed by atoms with Crippen LogP contribution in [0.1, 0.15) is 12.6 Å². The van der Waals surface area contributed by atoms with Gasteiger partial charge in [-0.2, -0.15) is 0 Å². The van der Waals surface area contributed by atoms with Crippen LogP contribution in [0.15, 0.2) is 23.6 Å².